The highest BCUT2D eigenvalue weighted by Gasteiger charge is 2.21. The van der Waals surface area contributed by atoms with Crippen LogP contribution in [0.5, 0.6) is 0 Å². The summed E-state index contributed by atoms with van der Waals surface area (Å²) >= 11 is 7.20. The zero-order chi connectivity index (χ0) is 19.4. The molecule has 0 saturated heterocycles. The van der Waals surface area contributed by atoms with Crippen molar-refractivity contribution in [2.24, 2.45) is 0 Å². The number of amides is 1. The second-order valence-electron chi connectivity index (χ2n) is 6.02. The Morgan fingerprint density at radius 2 is 2.00 bits per heavy atom. The smallest absolute Gasteiger partial charge is 0.238 e. The molecule has 2 heterocycles. The van der Waals surface area contributed by atoms with Gasteiger partial charge < -0.3 is 5.32 Å². The van der Waals surface area contributed by atoms with E-state index in [0.29, 0.717) is 16.0 Å². The Morgan fingerprint density at radius 3 is 2.70 bits per heavy atom. The van der Waals surface area contributed by atoms with Gasteiger partial charge in [0.2, 0.25) is 11.1 Å². The number of tetrazole rings is 1. The average Bonchev–Trinajstić information content (AvgIpc) is 3.31. The summed E-state index contributed by atoms with van der Waals surface area (Å²) in [5.74, 6) is 0.537. The molecule has 10 heteroatoms. The first-order valence-corrected chi connectivity index (χ1v) is 9.80. The first kappa shape index (κ1) is 19.4. The zero-order valence-corrected chi connectivity index (χ0v) is 16.8. The maximum Gasteiger partial charge on any atom is 0.238 e. The fraction of sp³-hybridized carbons (Fsp3) is 0.353. The standard InChI is InChI=1S/C17H20ClN7OS/c1-4-11(2)24-15(9-10-19-24)20-16(26)12(3)27-17-21-22-23-25(17)14-7-5-13(18)6-8-14/h5-12H,4H2,1-3H3,(H,20,26)/t11-,12-/m0/s1. The van der Waals surface area contributed by atoms with E-state index >= 15 is 0 Å². The molecule has 0 aliphatic rings. The van der Waals surface area contributed by atoms with Gasteiger partial charge in [0.1, 0.15) is 5.82 Å². The van der Waals surface area contributed by atoms with Crippen LogP contribution in [0, 0.1) is 0 Å². The third-order valence-electron chi connectivity index (χ3n) is 4.09. The number of carbonyl (C=O) groups excluding carboxylic acids is 1. The van der Waals surface area contributed by atoms with Crippen LogP contribution in [0.25, 0.3) is 5.69 Å². The molecule has 0 radical (unpaired) electrons. The minimum Gasteiger partial charge on any atom is -0.310 e. The molecule has 3 aromatic rings. The van der Waals surface area contributed by atoms with E-state index in [1.807, 2.05) is 23.7 Å². The number of rotatable bonds is 7. The van der Waals surface area contributed by atoms with Gasteiger partial charge >= 0.3 is 0 Å². The molecule has 2 aromatic heterocycles. The number of hydrogen-bond acceptors (Lipinski definition) is 6. The summed E-state index contributed by atoms with van der Waals surface area (Å²) in [6, 6.07) is 9.16. The summed E-state index contributed by atoms with van der Waals surface area (Å²) in [4.78, 5) is 12.6. The Kier molecular flexibility index (Phi) is 6.12. The summed E-state index contributed by atoms with van der Waals surface area (Å²) in [5.41, 5.74) is 0.773. The zero-order valence-electron chi connectivity index (χ0n) is 15.2. The molecule has 1 N–H and O–H groups in total. The molecule has 0 fully saturated rings. The predicted octanol–water partition coefficient (Wildman–Crippen LogP) is 3.60. The van der Waals surface area contributed by atoms with Crippen molar-refractivity contribution < 1.29 is 4.79 Å². The second kappa shape index (κ2) is 8.53. The number of nitrogens with one attached hydrogen (secondary N) is 1. The van der Waals surface area contributed by atoms with Gasteiger partial charge in [0.05, 0.1) is 23.2 Å². The lowest BCUT2D eigenvalue weighted by Gasteiger charge is -2.16. The maximum atomic E-state index is 12.6. The molecule has 0 aliphatic carbocycles. The van der Waals surface area contributed by atoms with Gasteiger partial charge in [-0.3, -0.25) is 4.79 Å². The molecular formula is C17H20ClN7OS. The van der Waals surface area contributed by atoms with Gasteiger partial charge in [-0.05, 0) is 55.0 Å². The fourth-order valence-corrected chi connectivity index (χ4v) is 3.31. The summed E-state index contributed by atoms with van der Waals surface area (Å²) in [6.07, 6.45) is 2.60. The molecule has 2 atom stereocenters. The lowest BCUT2D eigenvalue weighted by molar-refractivity contribution is -0.115. The molecule has 142 valence electrons. The van der Waals surface area contributed by atoms with E-state index in [2.05, 4.69) is 39.8 Å². The van der Waals surface area contributed by atoms with E-state index in [1.54, 1.807) is 29.1 Å². The molecule has 1 amide bonds. The summed E-state index contributed by atoms with van der Waals surface area (Å²) in [7, 11) is 0. The SMILES string of the molecule is CC[C@H](C)n1nccc1NC(=O)[C@H](C)Sc1nnnn1-c1ccc(Cl)cc1. The number of nitrogens with zero attached hydrogens (tertiary/aromatic N) is 6. The van der Waals surface area contributed by atoms with Crippen LogP contribution in [0.1, 0.15) is 33.2 Å². The highest BCUT2D eigenvalue weighted by molar-refractivity contribution is 8.00. The van der Waals surface area contributed by atoms with Gasteiger partial charge in [-0.1, -0.05) is 30.3 Å². The molecule has 0 unspecified atom stereocenters. The maximum absolute atomic E-state index is 12.6. The van der Waals surface area contributed by atoms with Crippen molar-refractivity contribution in [2.45, 2.75) is 43.6 Å². The van der Waals surface area contributed by atoms with Gasteiger partial charge in [-0.2, -0.15) is 9.78 Å². The highest BCUT2D eigenvalue weighted by atomic mass is 35.5. The predicted molar refractivity (Wildman–Crippen MR) is 105 cm³/mol. The number of thioether (sulfide) groups is 1. The van der Waals surface area contributed by atoms with Crippen molar-refractivity contribution in [2.75, 3.05) is 5.32 Å². The summed E-state index contributed by atoms with van der Waals surface area (Å²) < 4.78 is 3.39. The molecule has 3 rings (SSSR count). The van der Waals surface area contributed by atoms with Crippen molar-refractivity contribution in [3.63, 3.8) is 0 Å². The quantitative estimate of drug-likeness (QED) is 0.604. The topological polar surface area (TPSA) is 90.5 Å². The Labute approximate surface area is 166 Å². The lowest BCUT2D eigenvalue weighted by atomic mass is 10.3. The van der Waals surface area contributed by atoms with E-state index in [1.165, 1.54) is 11.8 Å². The normalized spacial score (nSPS) is 13.3. The third-order valence-corrected chi connectivity index (χ3v) is 5.38. The fourth-order valence-electron chi connectivity index (χ4n) is 2.37. The van der Waals surface area contributed by atoms with Crippen LogP contribution in [0.15, 0.2) is 41.7 Å². The Bertz CT molecular complexity index is 908. The van der Waals surface area contributed by atoms with Gasteiger partial charge in [0.25, 0.3) is 0 Å². The molecule has 0 spiro atoms. The van der Waals surface area contributed by atoms with E-state index in [0.717, 1.165) is 12.1 Å². The van der Waals surface area contributed by atoms with E-state index in [9.17, 15) is 4.79 Å². The van der Waals surface area contributed by atoms with Crippen LogP contribution in [0.4, 0.5) is 5.82 Å². The molecule has 8 nitrogen and oxygen atoms in total. The number of halogens is 1. The van der Waals surface area contributed by atoms with Crippen LogP contribution in [0.3, 0.4) is 0 Å². The molecule has 27 heavy (non-hydrogen) atoms. The number of anilines is 1. The number of carbonyl (C=O) groups is 1. The second-order valence-corrected chi connectivity index (χ2v) is 7.76. The monoisotopic (exact) mass is 405 g/mol. The first-order valence-electron chi connectivity index (χ1n) is 8.55. The number of hydrogen-bond donors (Lipinski definition) is 1. The van der Waals surface area contributed by atoms with E-state index in [-0.39, 0.29) is 11.9 Å². The Hall–Kier alpha value is -2.39. The van der Waals surface area contributed by atoms with Crippen molar-refractivity contribution in [1.82, 2.24) is 30.0 Å². The van der Waals surface area contributed by atoms with Gasteiger partial charge in [-0.15, -0.1) is 5.10 Å². The molecule has 0 saturated carbocycles. The number of aromatic nitrogens is 6. The van der Waals surface area contributed by atoms with Crippen LogP contribution in [-0.4, -0.2) is 41.1 Å². The first-order chi connectivity index (χ1) is 13.0. The van der Waals surface area contributed by atoms with E-state index < -0.39 is 5.25 Å². The lowest BCUT2D eigenvalue weighted by Crippen LogP contribution is -2.25. The third kappa shape index (κ3) is 4.48. The molecule has 1 aromatic carbocycles. The van der Waals surface area contributed by atoms with Gasteiger partial charge in [0.15, 0.2) is 0 Å². The Morgan fingerprint density at radius 1 is 1.26 bits per heavy atom. The van der Waals surface area contributed by atoms with Crippen LogP contribution >= 0.6 is 23.4 Å². The minimum atomic E-state index is -0.401. The van der Waals surface area contributed by atoms with Gasteiger partial charge in [0, 0.05) is 11.1 Å². The number of benzene rings is 1. The van der Waals surface area contributed by atoms with Crippen molar-refractivity contribution >= 4 is 35.1 Å². The minimum absolute atomic E-state index is 0.143. The van der Waals surface area contributed by atoms with Crippen molar-refractivity contribution in [1.29, 1.82) is 0 Å². The Balaban J connectivity index is 1.70. The van der Waals surface area contributed by atoms with E-state index in [4.69, 9.17) is 11.6 Å². The van der Waals surface area contributed by atoms with Crippen LogP contribution < -0.4 is 5.32 Å². The van der Waals surface area contributed by atoms with Crippen molar-refractivity contribution in [3.05, 3.63) is 41.6 Å². The largest absolute Gasteiger partial charge is 0.310 e. The molecule has 0 aliphatic heterocycles. The summed E-state index contributed by atoms with van der Waals surface area (Å²) in [6.45, 7) is 5.94. The van der Waals surface area contributed by atoms with Crippen LogP contribution in [-0.2, 0) is 4.79 Å². The molecule has 0 bridgehead atoms. The highest BCUT2D eigenvalue weighted by Crippen LogP contribution is 2.25. The molecular weight excluding hydrogens is 386 g/mol. The van der Waals surface area contributed by atoms with Crippen molar-refractivity contribution in [3.8, 4) is 5.69 Å². The average molecular weight is 406 g/mol. The van der Waals surface area contributed by atoms with Crippen LogP contribution in [0.2, 0.25) is 5.02 Å². The van der Waals surface area contributed by atoms with Gasteiger partial charge in [-0.25, -0.2) is 4.68 Å². The summed E-state index contributed by atoms with van der Waals surface area (Å²) in [5, 5.41) is 19.7.